The van der Waals surface area contributed by atoms with E-state index in [0.717, 1.165) is 24.8 Å². The number of hydrogen-bond donors (Lipinski definition) is 2. The van der Waals surface area contributed by atoms with Crippen LogP contribution in [0.3, 0.4) is 0 Å². The summed E-state index contributed by atoms with van der Waals surface area (Å²) < 4.78 is 5.57. The van der Waals surface area contributed by atoms with Crippen molar-refractivity contribution in [3.8, 4) is 5.75 Å². The van der Waals surface area contributed by atoms with Crippen molar-refractivity contribution >= 4 is 11.9 Å². The molecule has 2 N–H and O–H groups in total. The van der Waals surface area contributed by atoms with Gasteiger partial charge in [0.05, 0.1) is 0 Å². The van der Waals surface area contributed by atoms with Gasteiger partial charge >= 0.3 is 6.03 Å². The van der Waals surface area contributed by atoms with E-state index in [1.165, 1.54) is 0 Å². The highest BCUT2D eigenvalue weighted by Gasteiger charge is 2.23. The molecule has 1 saturated heterocycles. The second kappa shape index (κ2) is 9.15. The first kappa shape index (κ1) is 18.1. The van der Waals surface area contributed by atoms with Crippen molar-refractivity contribution in [1.29, 1.82) is 0 Å². The quantitative estimate of drug-likeness (QED) is 0.837. The highest BCUT2D eigenvalue weighted by Crippen LogP contribution is 2.14. The minimum Gasteiger partial charge on any atom is -0.484 e. The van der Waals surface area contributed by atoms with Crippen molar-refractivity contribution in [3.05, 3.63) is 29.8 Å². The minimum absolute atomic E-state index is 0.00890. The molecule has 1 aliphatic rings. The van der Waals surface area contributed by atoms with Gasteiger partial charge in [-0.15, -0.1) is 0 Å². The zero-order valence-electron chi connectivity index (χ0n) is 14.5. The lowest BCUT2D eigenvalue weighted by Gasteiger charge is -2.32. The monoisotopic (exact) mass is 333 g/mol. The third-order valence-corrected chi connectivity index (χ3v) is 4.07. The molecule has 1 fully saturated rings. The number of carbonyl (C=O) groups excluding carboxylic acids is 2. The molecule has 0 saturated carbocycles. The van der Waals surface area contributed by atoms with Crippen LogP contribution in [-0.2, 0) is 4.79 Å². The molecule has 1 heterocycles. The normalized spacial score (nSPS) is 15.0. The lowest BCUT2D eigenvalue weighted by molar-refractivity contribution is -0.134. The minimum atomic E-state index is -0.121. The van der Waals surface area contributed by atoms with Gasteiger partial charge in [-0.25, -0.2) is 4.79 Å². The van der Waals surface area contributed by atoms with Gasteiger partial charge in [0, 0.05) is 25.7 Å². The molecule has 1 aliphatic heterocycles. The van der Waals surface area contributed by atoms with Crippen molar-refractivity contribution in [2.24, 2.45) is 0 Å². The van der Waals surface area contributed by atoms with E-state index in [1.54, 1.807) is 4.90 Å². The van der Waals surface area contributed by atoms with Gasteiger partial charge in [-0.05, 0) is 43.9 Å². The van der Waals surface area contributed by atoms with Crippen molar-refractivity contribution in [2.75, 3.05) is 26.2 Å². The predicted molar refractivity (Wildman–Crippen MR) is 93.1 cm³/mol. The Kier molecular flexibility index (Phi) is 6.90. The summed E-state index contributed by atoms with van der Waals surface area (Å²) in [5.41, 5.74) is 1.10. The van der Waals surface area contributed by atoms with Gasteiger partial charge < -0.3 is 20.3 Å². The van der Waals surface area contributed by atoms with E-state index in [2.05, 4.69) is 10.6 Å². The predicted octanol–water partition coefficient (Wildman–Crippen LogP) is 2.07. The van der Waals surface area contributed by atoms with Crippen LogP contribution >= 0.6 is 0 Å². The number of nitrogens with one attached hydrogen (secondary N) is 2. The standard InChI is InChI=1S/C18H27N3O3/c1-3-9-19-18(23)20-15-7-10-21(11-8-15)17(22)13-24-16-6-4-5-14(2)12-16/h4-6,12,15H,3,7-11,13H2,1-2H3,(H2,19,20,23). The fourth-order valence-electron chi connectivity index (χ4n) is 2.69. The van der Waals surface area contributed by atoms with Crippen LogP contribution in [0.2, 0.25) is 0 Å². The van der Waals surface area contributed by atoms with Gasteiger partial charge in [0.25, 0.3) is 5.91 Å². The first-order chi connectivity index (χ1) is 11.6. The zero-order valence-corrected chi connectivity index (χ0v) is 14.5. The van der Waals surface area contributed by atoms with E-state index in [9.17, 15) is 9.59 Å². The Morgan fingerprint density at radius 2 is 2.04 bits per heavy atom. The van der Waals surface area contributed by atoms with Crippen LogP contribution in [0.25, 0.3) is 0 Å². The number of urea groups is 1. The van der Waals surface area contributed by atoms with Crippen molar-refractivity contribution in [2.45, 2.75) is 39.2 Å². The maximum atomic E-state index is 12.2. The molecule has 1 aromatic carbocycles. The third-order valence-electron chi connectivity index (χ3n) is 4.07. The number of carbonyl (C=O) groups is 2. The summed E-state index contributed by atoms with van der Waals surface area (Å²) in [4.78, 5) is 25.7. The van der Waals surface area contributed by atoms with Gasteiger partial charge in [-0.2, -0.15) is 0 Å². The van der Waals surface area contributed by atoms with Gasteiger partial charge in [-0.1, -0.05) is 19.1 Å². The second-order valence-electron chi connectivity index (χ2n) is 6.16. The molecular weight excluding hydrogens is 306 g/mol. The first-order valence-corrected chi connectivity index (χ1v) is 8.60. The van der Waals surface area contributed by atoms with Crippen molar-refractivity contribution in [1.82, 2.24) is 15.5 Å². The van der Waals surface area contributed by atoms with Crippen LogP contribution in [0.5, 0.6) is 5.75 Å². The summed E-state index contributed by atoms with van der Waals surface area (Å²) in [6.45, 7) is 6.04. The van der Waals surface area contributed by atoms with Crippen LogP contribution < -0.4 is 15.4 Å². The number of benzene rings is 1. The van der Waals surface area contributed by atoms with E-state index < -0.39 is 0 Å². The van der Waals surface area contributed by atoms with Crippen LogP contribution in [0.15, 0.2) is 24.3 Å². The molecule has 132 valence electrons. The van der Waals surface area contributed by atoms with E-state index in [-0.39, 0.29) is 24.6 Å². The molecule has 1 aromatic rings. The molecule has 0 bridgehead atoms. The topological polar surface area (TPSA) is 70.7 Å². The molecule has 0 aromatic heterocycles. The third kappa shape index (κ3) is 5.76. The fraction of sp³-hybridized carbons (Fsp3) is 0.556. The lowest BCUT2D eigenvalue weighted by atomic mass is 10.1. The van der Waals surface area contributed by atoms with Crippen molar-refractivity contribution < 1.29 is 14.3 Å². The summed E-state index contributed by atoms with van der Waals surface area (Å²) in [6.07, 6.45) is 2.47. The van der Waals surface area contributed by atoms with Gasteiger partial charge in [0.15, 0.2) is 6.61 Å². The van der Waals surface area contributed by atoms with Gasteiger partial charge in [0.1, 0.15) is 5.75 Å². The number of rotatable bonds is 6. The summed E-state index contributed by atoms with van der Waals surface area (Å²) >= 11 is 0. The molecule has 0 radical (unpaired) electrons. The van der Waals surface area contributed by atoms with Crippen LogP contribution in [0.1, 0.15) is 31.7 Å². The van der Waals surface area contributed by atoms with Crippen molar-refractivity contribution in [3.63, 3.8) is 0 Å². The number of nitrogens with zero attached hydrogens (tertiary/aromatic N) is 1. The van der Waals surface area contributed by atoms with Gasteiger partial charge in [0.2, 0.25) is 0 Å². The molecule has 0 spiro atoms. The number of aryl methyl sites for hydroxylation is 1. The SMILES string of the molecule is CCCNC(=O)NC1CCN(C(=O)COc2cccc(C)c2)CC1. The zero-order chi connectivity index (χ0) is 17.4. The number of ether oxygens (including phenoxy) is 1. The molecule has 0 atom stereocenters. The smallest absolute Gasteiger partial charge is 0.315 e. The second-order valence-corrected chi connectivity index (χ2v) is 6.16. The summed E-state index contributed by atoms with van der Waals surface area (Å²) in [5.74, 6) is 0.706. The Balaban J connectivity index is 1.69. The summed E-state index contributed by atoms with van der Waals surface area (Å²) in [6, 6.07) is 7.68. The number of piperidine rings is 1. The molecule has 6 nitrogen and oxygen atoms in total. The molecule has 0 aliphatic carbocycles. The lowest BCUT2D eigenvalue weighted by Crippen LogP contribution is -2.49. The number of amides is 3. The molecule has 6 heteroatoms. The first-order valence-electron chi connectivity index (χ1n) is 8.60. The van der Waals surface area contributed by atoms with E-state index in [0.29, 0.717) is 25.4 Å². The Morgan fingerprint density at radius 3 is 2.71 bits per heavy atom. The maximum Gasteiger partial charge on any atom is 0.315 e. The molecule has 3 amide bonds. The average molecular weight is 333 g/mol. The van der Waals surface area contributed by atoms with E-state index in [1.807, 2.05) is 38.1 Å². The van der Waals surface area contributed by atoms with E-state index in [4.69, 9.17) is 4.74 Å². The summed E-state index contributed by atoms with van der Waals surface area (Å²) in [5, 5.41) is 5.76. The Bertz CT molecular complexity index is 554. The Morgan fingerprint density at radius 1 is 1.29 bits per heavy atom. The molecular formula is C18H27N3O3. The Labute approximate surface area is 143 Å². The molecule has 24 heavy (non-hydrogen) atoms. The van der Waals surface area contributed by atoms with Crippen LogP contribution in [0.4, 0.5) is 4.79 Å². The maximum absolute atomic E-state index is 12.2. The highest BCUT2D eigenvalue weighted by atomic mass is 16.5. The fourth-order valence-corrected chi connectivity index (χ4v) is 2.69. The summed E-state index contributed by atoms with van der Waals surface area (Å²) in [7, 11) is 0. The average Bonchev–Trinajstić information content (AvgIpc) is 2.58. The van der Waals surface area contributed by atoms with Crippen LogP contribution in [-0.4, -0.2) is 49.1 Å². The largest absolute Gasteiger partial charge is 0.484 e. The Hall–Kier alpha value is -2.24. The highest BCUT2D eigenvalue weighted by molar-refractivity contribution is 5.78. The number of hydrogen-bond acceptors (Lipinski definition) is 3. The number of likely N-dealkylation sites (tertiary alicyclic amines) is 1. The van der Waals surface area contributed by atoms with E-state index >= 15 is 0 Å². The molecule has 2 rings (SSSR count). The molecule has 0 unspecified atom stereocenters. The van der Waals surface area contributed by atoms with Gasteiger partial charge in [-0.3, -0.25) is 4.79 Å². The van der Waals surface area contributed by atoms with Crippen LogP contribution in [0, 0.1) is 6.92 Å².